The number of hydrogen-bond donors (Lipinski definition) is 2. The summed E-state index contributed by atoms with van der Waals surface area (Å²) in [4.78, 5) is 15.0. The minimum atomic E-state index is -3.92. The van der Waals surface area contributed by atoms with Crippen LogP contribution in [0.1, 0.15) is 35.4 Å². The van der Waals surface area contributed by atoms with Gasteiger partial charge < -0.3 is 19.5 Å². The van der Waals surface area contributed by atoms with Gasteiger partial charge in [-0.15, -0.1) is 0 Å². The van der Waals surface area contributed by atoms with Gasteiger partial charge in [0.05, 0.1) is 24.0 Å². The summed E-state index contributed by atoms with van der Waals surface area (Å²) in [6.07, 6.45) is 0.0294. The molecule has 1 saturated heterocycles. The average molecular weight is 553 g/mol. The fraction of sp³-hybridized carbons (Fsp3) is 0.345. The molecule has 0 bridgehead atoms. The van der Waals surface area contributed by atoms with Crippen LogP contribution >= 0.6 is 0 Å². The van der Waals surface area contributed by atoms with Crippen molar-refractivity contribution in [3.63, 3.8) is 0 Å². The van der Waals surface area contributed by atoms with Gasteiger partial charge in [0.25, 0.3) is 10.0 Å². The van der Waals surface area contributed by atoms with Gasteiger partial charge in [-0.05, 0) is 66.4 Å². The zero-order valence-corrected chi connectivity index (χ0v) is 21.9. The van der Waals surface area contributed by atoms with E-state index in [9.17, 15) is 22.7 Å². The lowest BCUT2D eigenvalue weighted by Gasteiger charge is -2.38. The maximum atomic E-state index is 13.3. The Morgan fingerprint density at radius 3 is 2.62 bits per heavy atom. The Hall–Kier alpha value is -3.47. The zero-order chi connectivity index (χ0) is 27.1. The van der Waals surface area contributed by atoms with Crippen LogP contribution in [-0.4, -0.2) is 55.8 Å². The van der Waals surface area contributed by atoms with Crippen LogP contribution < -0.4 is 9.46 Å². The normalized spacial score (nSPS) is 23.8. The molecule has 10 heteroatoms. The van der Waals surface area contributed by atoms with Gasteiger partial charge in [-0.1, -0.05) is 24.3 Å². The van der Waals surface area contributed by atoms with Crippen LogP contribution in [0.5, 0.6) is 5.75 Å². The second-order valence-electron chi connectivity index (χ2n) is 10.3. The fourth-order valence-electron chi connectivity index (χ4n) is 5.81. The molecule has 2 N–H and O–H groups in total. The van der Waals surface area contributed by atoms with E-state index in [0.717, 1.165) is 29.7 Å². The first-order chi connectivity index (χ1) is 18.8. The number of benzene rings is 3. The average Bonchev–Trinajstić information content (AvgIpc) is 3.30. The summed E-state index contributed by atoms with van der Waals surface area (Å²) in [5.41, 5.74) is 3.56. The molecule has 0 spiro atoms. The monoisotopic (exact) mass is 552 g/mol. The molecule has 204 valence electrons. The van der Waals surface area contributed by atoms with Gasteiger partial charge >= 0.3 is 0 Å². The third-order valence-corrected chi connectivity index (χ3v) is 9.16. The van der Waals surface area contributed by atoms with Gasteiger partial charge in [-0.3, -0.25) is 9.52 Å². The SMILES string of the molecule is O=C(C[C@H]1C[C@H]2c3cc(NS(=O)(=O)c4ccc(F)cc4)ccc3O[C@H]2[C@@H](CO)O1)N1CCc2ccccc2C1. The van der Waals surface area contributed by atoms with Gasteiger partial charge in [0.1, 0.15) is 23.8 Å². The van der Waals surface area contributed by atoms with E-state index in [1.807, 2.05) is 23.1 Å². The third-order valence-electron chi connectivity index (χ3n) is 7.76. The summed E-state index contributed by atoms with van der Waals surface area (Å²) >= 11 is 0. The van der Waals surface area contributed by atoms with E-state index in [0.29, 0.717) is 30.9 Å². The quantitative estimate of drug-likeness (QED) is 0.484. The van der Waals surface area contributed by atoms with Crippen molar-refractivity contribution < 1.29 is 32.2 Å². The highest BCUT2D eigenvalue weighted by Crippen LogP contribution is 2.47. The number of aliphatic hydroxyl groups excluding tert-OH is 1. The minimum absolute atomic E-state index is 0.00425. The first-order valence-corrected chi connectivity index (χ1v) is 14.5. The molecule has 1 amide bonds. The number of anilines is 1. The standard InChI is InChI=1S/C29H29FN2O6S/c30-20-5-8-23(9-6-20)39(35,36)31-21-7-10-26-24(13-21)25-14-22(37-27(17-33)29(25)38-26)15-28(34)32-12-11-18-3-1-2-4-19(18)16-32/h1-10,13,22,25,27,29,31,33H,11-12,14-17H2/t22-,25+,27-,29-/m1/s1. The Morgan fingerprint density at radius 2 is 1.85 bits per heavy atom. The lowest BCUT2D eigenvalue weighted by atomic mass is 9.84. The molecule has 0 unspecified atom stereocenters. The van der Waals surface area contributed by atoms with E-state index in [1.165, 1.54) is 17.7 Å². The number of hydrogen-bond acceptors (Lipinski definition) is 6. The highest BCUT2D eigenvalue weighted by molar-refractivity contribution is 7.92. The lowest BCUT2D eigenvalue weighted by Crippen LogP contribution is -2.48. The Morgan fingerprint density at radius 1 is 1.08 bits per heavy atom. The van der Waals surface area contributed by atoms with E-state index in [2.05, 4.69) is 10.8 Å². The molecule has 0 aliphatic carbocycles. The van der Waals surface area contributed by atoms with Crippen LogP contribution in [0.15, 0.2) is 71.6 Å². The molecule has 4 atom stereocenters. The van der Waals surface area contributed by atoms with Gasteiger partial charge in [0.15, 0.2) is 0 Å². The fourth-order valence-corrected chi connectivity index (χ4v) is 6.86. The molecule has 3 aromatic rings. The summed E-state index contributed by atoms with van der Waals surface area (Å²) < 4.78 is 53.7. The Balaban J connectivity index is 1.18. The van der Waals surface area contributed by atoms with Gasteiger partial charge in [0, 0.05) is 30.3 Å². The Bertz CT molecular complexity index is 1500. The van der Waals surface area contributed by atoms with Crippen molar-refractivity contribution in [3.05, 3.63) is 89.2 Å². The molecule has 6 rings (SSSR count). The van der Waals surface area contributed by atoms with Crippen LogP contribution in [0.4, 0.5) is 10.1 Å². The largest absolute Gasteiger partial charge is 0.487 e. The van der Waals surface area contributed by atoms with Crippen molar-refractivity contribution in [2.24, 2.45) is 0 Å². The molecule has 3 aliphatic heterocycles. The predicted octanol–water partition coefficient (Wildman–Crippen LogP) is 3.60. The number of fused-ring (bicyclic) bond motifs is 4. The Labute approximate surface area is 226 Å². The number of carbonyl (C=O) groups excluding carboxylic acids is 1. The molecular formula is C29H29FN2O6S. The van der Waals surface area contributed by atoms with E-state index >= 15 is 0 Å². The smallest absolute Gasteiger partial charge is 0.261 e. The topological polar surface area (TPSA) is 105 Å². The van der Waals surface area contributed by atoms with Crippen molar-refractivity contribution in [3.8, 4) is 5.75 Å². The number of nitrogens with one attached hydrogen (secondary N) is 1. The first kappa shape index (κ1) is 25.8. The minimum Gasteiger partial charge on any atom is -0.487 e. The summed E-state index contributed by atoms with van der Waals surface area (Å²) in [5.74, 6) is -0.104. The van der Waals surface area contributed by atoms with Crippen LogP contribution in [0, 0.1) is 5.82 Å². The number of ether oxygens (including phenoxy) is 2. The molecule has 1 fully saturated rings. The second kappa shape index (κ2) is 10.3. The molecule has 3 aliphatic rings. The molecular weight excluding hydrogens is 523 g/mol. The second-order valence-corrected chi connectivity index (χ2v) is 11.9. The Kier molecular flexibility index (Phi) is 6.78. The van der Waals surface area contributed by atoms with Crippen molar-refractivity contribution >= 4 is 21.6 Å². The highest BCUT2D eigenvalue weighted by Gasteiger charge is 2.46. The molecule has 39 heavy (non-hydrogen) atoms. The van der Waals surface area contributed by atoms with Gasteiger partial charge in [0.2, 0.25) is 5.91 Å². The number of nitrogens with zero attached hydrogens (tertiary/aromatic N) is 1. The molecule has 0 radical (unpaired) electrons. The number of halogens is 1. The summed E-state index contributed by atoms with van der Waals surface area (Å²) in [5, 5.41) is 10.1. The maximum absolute atomic E-state index is 13.3. The zero-order valence-electron chi connectivity index (χ0n) is 21.1. The van der Waals surface area contributed by atoms with E-state index in [4.69, 9.17) is 9.47 Å². The highest BCUT2D eigenvalue weighted by atomic mass is 32.2. The molecule has 0 aromatic heterocycles. The number of rotatable bonds is 6. The first-order valence-electron chi connectivity index (χ1n) is 13.0. The lowest BCUT2D eigenvalue weighted by molar-refractivity contribution is -0.149. The van der Waals surface area contributed by atoms with E-state index < -0.39 is 34.2 Å². The number of carbonyl (C=O) groups is 1. The summed E-state index contributed by atoms with van der Waals surface area (Å²) in [6, 6.07) is 17.7. The number of amides is 1. The van der Waals surface area contributed by atoms with Crippen molar-refractivity contribution in [2.75, 3.05) is 17.9 Å². The van der Waals surface area contributed by atoms with Crippen molar-refractivity contribution in [2.45, 2.75) is 54.9 Å². The van der Waals surface area contributed by atoms with E-state index in [-0.39, 0.29) is 29.7 Å². The van der Waals surface area contributed by atoms with Crippen LogP contribution in [-0.2, 0) is 32.5 Å². The summed E-state index contributed by atoms with van der Waals surface area (Å²) in [7, 11) is -3.92. The number of aliphatic hydroxyl groups is 1. The molecule has 3 aromatic carbocycles. The number of sulfonamides is 1. The van der Waals surface area contributed by atoms with Crippen LogP contribution in [0.3, 0.4) is 0 Å². The van der Waals surface area contributed by atoms with Gasteiger partial charge in [-0.25, -0.2) is 12.8 Å². The van der Waals surface area contributed by atoms with Crippen LogP contribution in [0.25, 0.3) is 0 Å². The van der Waals surface area contributed by atoms with Crippen molar-refractivity contribution in [1.29, 1.82) is 0 Å². The summed E-state index contributed by atoms with van der Waals surface area (Å²) in [6.45, 7) is 0.962. The van der Waals surface area contributed by atoms with E-state index in [1.54, 1.807) is 18.2 Å². The van der Waals surface area contributed by atoms with Crippen molar-refractivity contribution in [1.82, 2.24) is 4.90 Å². The molecule has 8 nitrogen and oxygen atoms in total. The predicted molar refractivity (Wildman–Crippen MR) is 141 cm³/mol. The molecule has 0 saturated carbocycles. The van der Waals surface area contributed by atoms with Crippen LogP contribution in [0.2, 0.25) is 0 Å². The maximum Gasteiger partial charge on any atom is 0.261 e. The van der Waals surface area contributed by atoms with Gasteiger partial charge in [-0.2, -0.15) is 0 Å². The molecule has 3 heterocycles. The third kappa shape index (κ3) is 5.11.